The van der Waals surface area contributed by atoms with Crippen LogP contribution in [0.25, 0.3) is 0 Å². The molecule has 6 nitrogen and oxygen atoms in total. The first-order valence-corrected chi connectivity index (χ1v) is 8.03. The summed E-state index contributed by atoms with van der Waals surface area (Å²) in [6, 6.07) is -0.121. The molecular formula is C15H24F3N5O. The summed E-state index contributed by atoms with van der Waals surface area (Å²) < 4.78 is 39.4. The smallest absolute Gasteiger partial charge is 0.323 e. The molecule has 0 bridgehead atoms. The van der Waals surface area contributed by atoms with Crippen molar-refractivity contribution in [3.63, 3.8) is 0 Å². The van der Waals surface area contributed by atoms with Crippen molar-refractivity contribution < 1.29 is 18.0 Å². The van der Waals surface area contributed by atoms with E-state index in [1.807, 2.05) is 20.8 Å². The predicted molar refractivity (Wildman–Crippen MR) is 84.9 cm³/mol. The van der Waals surface area contributed by atoms with Crippen molar-refractivity contribution in [3.05, 3.63) is 12.4 Å². The fraction of sp³-hybridized carbons (Fsp3) is 0.733. The van der Waals surface area contributed by atoms with Crippen molar-refractivity contribution in [1.29, 1.82) is 0 Å². The van der Waals surface area contributed by atoms with E-state index in [0.717, 1.165) is 0 Å². The number of rotatable bonds is 3. The molecule has 1 aliphatic rings. The first-order chi connectivity index (χ1) is 11.1. The molecule has 1 aromatic heterocycles. The van der Waals surface area contributed by atoms with Crippen LogP contribution in [0.15, 0.2) is 12.4 Å². The second-order valence-electron chi connectivity index (χ2n) is 6.63. The molecule has 1 fully saturated rings. The number of aromatic nitrogens is 2. The number of alkyl halides is 3. The lowest BCUT2D eigenvalue weighted by Crippen LogP contribution is -2.40. The number of anilines is 1. The first-order valence-electron chi connectivity index (χ1n) is 8.03. The third kappa shape index (κ3) is 5.40. The van der Waals surface area contributed by atoms with Gasteiger partial charge in [-0.1, -0.05) is 6.92 Å². The standard InChI is InChI=1S/C15H24F3N5O/c1-11(2)23-9-13(6-19-23)20-14(24)22-5-4-21(7-12(3)8-22)10-15(16,17)18/h6,9,11-12H,4-5,7-8,10H2,1-3H3,(H,20,24). The summed E-state index contributed by atoms with van der Waals surface area (Å²) in [5.74, 6) is -0.0287. The molecule has 136 valence electrons. The van der Waals surface area contributed by atoms with Crippen molar-refractivity contribution in [2.24, 2.45) is 5.92 Å². The van der Waals surface area contributed by atoms with E-state index in [4.69, 9.17) is 0 Å². The zero-order valence-corrected chi connectivity index (χ0v) is 14.2. The second-order valence-corrected chi connectivity index (χ2v) is 6.63. The van der Waals surface area contributed by atoms with Crippen LogP contribution in [0.5, 0.6) is 0 Å². The van der Waals surface area contributed by atoms with Crippen LogP contribution in [0.1, 0.15) is 26.8 Å². The van der Waals surface area contributed by atoms with Crippen LogP contribution in [0.4, 0.5) is 23.7 Å². The SMILES string of the molecule is CC1CN(CC(F)(F)F)CCN(C(=O)Nc2cnn(C(C)C)c2)C1. The Kier molecular flexibility index (Phi) is 5.74. The lowest BCUT2D eigenvalue weighted by Gasteiger charge is -2.22. The summed E-state index contributed by atoms with van der Waals surface area (Å²) in [5, 5.41) is 6.91. The van der Waals surface area contributed by atoms with Gasteiger partial charge in [0.05, 0.1) is 18.4 Å². The van der Waals surface area contributed by atoms with Gasteiger partial charge in [0.1, 0.15) is 0 Å². The van der Waals surface area contributed by atoms with Gasteiger partial charge in [-0.15, -0.1) is 0 Å². The van der Waals surface area contributed by atoms with E-state index >= 15 is 0 Å². The molecule has 1 aromatic rings. The van der Waals surface area contributed by atoms with Crippen molar-refractivity contribution in [1.82, 2.24) is 19.6 Å². The Morgan fingerprint density at radius 2 is 2.08 bits per heavy atom. The van der Waals surface area contributed by atoms with E-state index in [2.05, 4.69) is 10.4 Å². The van der Waals surface area contributed by atoms with Crippen molar-refractivity contribution in [3.8, 4) is 0 Å². The van der Waals surface area contributed by atoms with E-state index < -0.39 is 12.7 Å². The Morgan fingerprint density at radius 1 is 1.38 bits per heavy atom. The first kappa shape index (κ1) is 18.6. The molecular weight excluding hydrogens is 323 g/mol. The monoisotopic (exact) mass is 347 g/mol. The van der Waals surface area contributed by atoms with Crippen LogP contribution in [-0.2, 0) is 0 Å². The molecule has 2 amide bonds. The molecule has 2 rings (SSSR count). The average molecular weight is 347 g/mol. The fourth-order valence-corrected chi connectivity index (χ4v) is 2.79. The van der Waals surface area contributed by atoms with Gasteiger partial charge in [-0.25, -0.2) is 4.79 Å². The topological polar surface area (TPSA) is 53.4 Å². The highest BCUT2D eigenvalue weighted by Gasteiger charge is 2.33. The van der Waals surface area contributed by atoms with E-state index in [1.54, 1.807) is 22.0 Å². The minimum Gasteiger partial charge on any atom is -0.323 e. The van der Waals surface area contributed by atoms with Crippen molar-refractivity contribution >= 4 is 11.7 Å². The average Bonchev–Trinajstić information content (AvgIpc) is 2.82. The maximum absolute atomic E-state index is 12.6. The number of nitrogens with zero attached hydrogens (tertiary/aromatic N) is 4. The Morgan fingerprint density at radius 3 is 2.67 bits per heavy atom. The Balaban J connectivity index is 1.94. The van der Waals surface area contributed by atoms with Gasteiger partial charge in [0.15, 0.2) is 0 Å². The quantitative estimate of drug-likeness (QED) is 0.915. The summed E-state index contributed by atoms with van der Waals surface area (Å²) >= 11 is 0. The van der Waals surface area contributed by atoms with Gasteiger partial charge in [-0.3, -0.25) is 9.58 Å². The maximum atomic E-state index is 12.6. The molecule has 0 radical (unpaired) electrons. The maximum Gasteiger partial charge on any atom is 0.401 e. The molecule has 1 unspecified atom stereocenters. The van der Waals surface area contributed by atoms with Crippen LogP contribution in [-0.4, -0.2) is 64.5 Å². The molecule has 0 aromatic carbocycles. The summed E-state index contributed by atoms with van der Waals surface area (Å²) in [6.45, 7) is 6.11. The van der Waals surface area contributed by atoms with Crippen LogP contribution in [0, 0.1) is 5.92 Å². The van der Waals surface area contributed by atoms with Gasteiger partial charge in [-0.2, -0.15) is 18.3 Å². The number of carbonyl (C=O) groups is 1. The summed E-state index contributed by atoms with van der Waals surface area (Å²) in [4.78, 5) is 15.3. The van der Waals surface area contributed by atoms with Crippen molar-refractivity contribution in [2.75, 3.05) is 38.0 Å². The highest BCUT2D eigenvalue weighted by molar-refractivity contribution is 5.89. The van der Waals surface area contributed by atoms with Gasteiger partial charge in [0.2, 0.25) is 0 Å². The van der Waals surface area contributed by atoms with Crippen LogP contribution in [0.3, 0.4) is 0 Å². The minimum absolute atomic E-state index is 0.0287. The van der Waals surface area contributed by atoms with Gasteiger partial charge >= 0.3 is 12.2 Å². The molecule has 1 N–H and O–H groups in total. The molecule has 2 heterocycles. The number of amides is 2. The number of carbonyl (C=O) groups excluding carboxylic acids is 1. The van der Waals surface area contributed by atoms with E-state index in [9.17, 15) is 18.0 Å². The predicted octanol–water partition coefficient (Wildman–Crippen LogP) is 2.81. The normalized spacial score (nSPS) is 20.3. The van der Waals surface area contributed by atoms with Crippen LogP contribution < -0.4 is 5.32 Å². The zero-order chi connectivity index (χ0) is 17.9. The number of nitrogens with one attached hydrogen (secondary N) is 1. The number of hydrogen-bond acceptors (Lipinski definition) is 3. The largest absolute Gasteiger partial charge is 0.401 e. The van der Waals surface area contributed by atoms with E-state index in [-0.39, 0.29) is 31.1 Å². The number of urea groups is 1. The molecule has 9 heteroatoms. The highest BCUT2D eigenvalue weighted by Crippen LogP contribution is 2.19. The van der Waals surface area contributed by atoms with Gasteiger partial charge < -0.3 is 10.2 Å². The van der Waals surface area contributed by atoms with Gasteiger partial charge in [0, 0.05) is 38.4 Å². The van der Waals surface area contributed by atoms with Gasteiger partial charge in [0.25, 0.3) is 0 Å². The lowest BCUT2D eigenvalue weighted by atomic mass is 10.1. The Hall–Kier alpha value is -1.77. The molecule has 24 heavy (non-hydrogen) atoms. The zero-order valence-electron chi connectivity index (χ0n) is 14.2. The Bertz CT molecular complexity index is 558. The number of hydrogen-bond donors (Lipinski definition) is 1. The highest BCUT2D eigenvalue weighted by atomic mass is 19.4. The Labute approximate surface area is 139 Å². The fourth-order valence-electron chi connectivity index (χ4n) is 2.79. The molecule has 0 aliphatic carbocycles. The molecule has 0 saturated carbocycles. The third-order valence-electron chi connectivity index (χ3n) is 3.86. The van der Waals surface area contributed by atoms with Crippen LogP contribution >= 0.6 is 0 Å². The summed E-state index contributed by atoms with van der Waals surface area (Å²) in [6.07, 6.45) is -0.919. The van der Waals surface area contributed by atoms with Gasteiger partial charge in [-0.05, 0) is 19.8 Å². The van der Waals surface area contributed by atoms with Crippen molar-refractivity contribution in [2.45, 2.75) is 33.0 Å². The van der Waals surface area contributed by atoms with E-state index in [1.165, 1.54) is 4.90 Å². The third-order valence-corrected chi connectivity index (χ3v) is 3.86. The van der Waals surface area contributed by atoms with E-state index in [0.29, 0.717) is 18.8 Å². The second kappa shape index (κ2) is 7.42. The lowest BCUT2D eigenvalue weighted by molar-refractivity contribution is -0.146. The molecule has 1 saturated heterocycles. The number of halogens is 3. The minimum atomic E-state index is -4.22. The molecule has 0 spiro atoms. The summed E-state index contributed by atoms with van der Waals surface area (Å²) in [5.41, 5.74) is 0.581. The molecule has 1 aliphatic heterocycles. The summed E-state index contributed by atoms with van der Waals surface area (Å²) in [7, 11) is 0. The molecule has 1 atom stereocenters. The van der Waals surface area contributed by atoms with Crippen LogP contribution in [0.2, 0.25) is 0 Å².